The molecule has 1 unspecified atom stereocenters. The van der Waals surface area contributed by atoms with E-state index in [4.69, 9.17) is 0 Å². The molecule has 0 spiro atoms. The second-order valence-electron chi connectivity index (χ2n) is 4.78. The number of nitrogens with one attached hydrogen (secondary N) is 1. The standard InChI is InChI=1S/C15H22F3NO/c1-3-6-13(19-4-2)10-9-12-7-5-8-14(11-12)20-15(16,17)18/h5,7-8,11,13,19H,3-4,6,9-10H2,1-2H3. The van der Waals surface area contributed by atoms with Crippen LogP contribution in [-0.2, 0) is 6.42 Å². The van der Waals surface area contributed by atoms with Gasteiger partial charge in [0, 0.05) is 6.04 Å². The molecule has 0 heterocycles. The molecule has 20 heavy (non-hydrogen) atoms. The zero-order valence-electron chi connectivity index (χ0n) is 12.0. The zero-order valence-corrected chi connectivity index (χ0v) is 12.0. The Morgan fingerprint density at radius 3 is 2.55 bits per heavy atom. The Labute approximate surface area is 118 Å². The lowest BCUT2D eigenvalue weighted by atomic mass is 10.0. The van der Waals surface area contributed by atoms with Crippen molar-refractivity contribution in [3.05, 3.63) is 29.8 Å². The molecule has 5 heteroatoms. The molecule has 1 rings (SSSR count). The Kier molecular flexibility index (Phi) is 6.85. The summed E-state index contributed by atoms with van der Waals surface area (Å²) in [5.41, 5.74) is 0.866. The lowest BCUT2D eigenvalue weighted by Crippen LogP contribution is -2.29. The summed E-state index contributed by atoms with van der Waals surface area (Å²) < 4.78 is 40.4. The fourth-order valence-corrected chi connectivity index (χ4v) is 2.22. The van der Waals surface area contributed by atoms with Gasteiger partial charge in [-0.25, -0.2) is 0 Å². The summed E-state index contributed by atoms with van der Waals surface area (Å²) in [6.07, 6.45) is -0.807. The van der Waals surface area contributed by atoms with E-state index in [2.05, 4.69) is 23.9 Å². The Morgan fingerprint density at radius 1 is 1.20 bits per heavy atom. The fraction of sp³-hybridized carbons (Fsp3) is 0.600. The summed E-state index contributed by atoms with van der Waals surface area (Å²) in [7, 11) is 0. The van der Waals surface area contributed by atoms with E-state index in [0.29, 0.717) is 6.04 Å². The summed E-state index contributed by atoms with van der Waals surface area (Å²) >= 11 is 0. The van der Waals surface area contributed by atoms with Crippen LogP contribution in [0.5, 0.6) is 5.75 Å². The van der Waals surface area contributed by atoms with Gasteiger partial charge in [-0.1, -0.05) is 32.4 Å². The Morgan fingerprint density at radius 2 is 1.95 bits per heavy atom. The van der Waals surface area contributed by atoms with Crippen molar-refractivity contribution in [3.63, 3.8) is 0 Å². The lowest BCUT2D eigenvalue weighted by molar-refractivity contribution is -0.274. The molecular weight excluding hydrogens is 267 g/mol. The first-order chi connectivity index (χ1) is 9.44. The molecule has 0 aromatic heterocycles. The van der Waals surface area contributed by atoms with Crippen LogP contribution < -0.4 is 10.1 Å². The molecule has 0 bridgehead atoms. The number of hydrogen-bond donors (Lipinski definition) is 1. The predicted molar refractivity (Wildman–Crippen MR) is 73.8 cm³/mol. The number of ether oxygens (including phenoxy) is 1. The highest BCUT2D eigenvalue weighted by Crippen LogP contribution is 2.24. The normalized spacial score (nSPS) is 13.2. The lowest BCUT2D eigenvalue weighted by Gasteiger charge is -2.17. The minimum absolute atomic E-state index is 0.148. The maximum atomic E-state index is 12.2. The van der Waals surface area contributed by atoms with E-state index >= 15 is 0 Å². The molecule has 1 atom stereocenters. The highest BCUT2D eigenvalue weighted by Gasteiger charge is 2.31. The van der Waals surface area contributed by atoms with Gasteiger partial charge < -0.3 is 10.1 Å². The van der Waals surface area contributed by atoms with E-state index in [0.717, 1.165) is 37.8 Å². The van der Waals surface area contributed by atoms with Crippen molar-refractivity contribution in [3.8, 4) is 5.75 Å². The van der Waals surface area contributed by atoms with E-state index in [9.17, 15) is 13.2 Å². The molecule has 1 aromatic rings. The van der Waals surface area contributed by atoms with Gasteiger partial charge in [-0.05, 0) is 43.5 Å². The van der Waals surface area contributed by atoms with E-state index in [1.54, 1.807) is 6.07 Å². The molecule has 0 saturated heterocycles. The Bertz CT molecular complexity index is 387. The quantitative estimate of drug-likeness (QED) is 0.770. The van der Waals surface area contributed by atoms with Crippen LogP contribution in [0.3, 0.4) is 0 Å². The maximum Gasteiger partial charge on any atom is 0.573 e. The van der Waals surface area contributed by atoms with Gasteiger partial charge in [-0.3, -0.25) is 0 Å². The molecule has 0 aliphatic carbocycles. The molecule has 0 radical (unpaired) electrons. The third-order valence-electron chi connectivity index (χ3n) is 3.04. The van der Waals surface area contributed by atoms with Crippen LogP contribution >= 0.6 is 0 Å². The van der Waals surface area contributed by atoms with Crippen LogP contribution in [0, 0.1) is 0 Å². The highest BCUT2D eigenvalue weighted by molar-refractivity contribution is 5.28. The molecule has 0 fully saturated rings. The molecule has 0 aliphatic heterocycles. The van der Waals surface area contributed by atoms with Gasteiger partial charge in [-0.2, -0.15) is 0 Å². The van der Waals surface area contributed by atoms with E-state index in [-0.39, 0.29) is 5.75 Å². The fourth-order valence-electron chi connectivity index (χ4n) is 2.22. The van der Waals surface area contributed by atoms with E-state index in [1.165, 1.54) is 12.1 Å². The van der Waals surface area contributed by atoms with Crippen LogP contribution in [0.4, 0.5) is 13.2 Å². The second-order valence-corrected chi connectivity index (χ2v) is 4.78. The highest BCUT2D eigenvalue weighted by atomic mass is 19.4. The van der Waals surface area contributed by atoms with Crippen LogP contribution in [-0.4, -0.2) is 18.9 Å². The number of halogens is 3. The van der Waals surface area contributed by atoms with Crippen molar-refractivity contribution in [1.82, 2.24) is 5.32 Å². The average Bonchev–Trinajstić information content (AvgIpc) is 2.35. The van der Waals surface area contributed by atoms with Gasteiger partial charge >= 0.3 is 6.36 Å². The number of alkyl halides is 3. The van der Waals surface area contributed by atoms with E-state index in [1.807, 2.05) is 6.07 Å². The minimum atomic E-state index is -4.63. The molecule has 0 saturated carbocycles. The first-order valence-electron chi connectivity index (χ1n) is 7.02. The molecule has 1 N–H and O–H groups in total. The molecule has 1 aromatic carbocycles. The zero-order chi connectivity index (χ0) is 15.0. The number of rotatable bonds is 8. The van der Waals surface area contributed by atoms with Crippen molar-refractivity contribution < 1.29 is 17.9 Å². The number of hydrogen-bond acceptors (Lipinski definition) is 2. The van der Waals surface area contributed by atoms with Gasteiger partial charge in [0.1, 0.15) is 5.75 Å². The van der Waals surface area contributed by atoms with Crippen molar-refractivity contribution in [2.75, 3.05) is 6.54 Å². The van der Waals surface area contributed by atoms with Crippen LogP contribution in [0.25, 0.3) is 0 Å². The van der Waals surface area contributed by atoms with Gasteiger partial charge in [0.15, 0.2) is 0 Å². The van der Waals surface area contributed by atoms with Gasteiger partial charge in [0.05, 0.1) is 0 Å². The van der Waals surface area contributed by atoms with Crippen LogP contribution in [0.1, 0.15) is 38.7 Å². The predicted octanol–water partition coefficient (Wildman–Crippen LogP) is 4.30. The first-order valence-corrected chi connectivity index (χ1v) is 7.02. The topological polar surface area (TPSA) is 21.3 Å². The minimum Gasteiger partial charge on any atom is -0.406 e. The number of aryl methyl sites for hydroxylation is 1. The Balaban J connectivity index is 2.57. The monoisotopic (exact) mass is 289 g/mol. The van der Waals surface area contributed by atoms with Crippen molar-refractivity contribution in [2.24, 2.45) is 0 Å². The van der Waals surface area contributed by atoms with Crippen molar-refractivity contribution in [2.45, 2.75) is 51.9 Å². The molecule has 0 aliphatic rings. The molecular formula is C15H22F3NO. The summed E-state index contributed by atoms with van der Waals surface area (Å²) in [5.74, 6) is -0.148. The largest absolute Gasteiger partial charge is 0.573 e. The van der Waals surface area contributed by atoms with Crippen molar-refractivity contribution in [1.29, 1.82) is 0 Å². The first kappa shape index (κ1) is 16.8. The molecule has 2 nitrogen and oxygen atoms in total. The van der Waals surface area contributed by atoms with Crippen molar-refractivity contribution >= 4 is 0 Å². The maximum absolute atomic E-state index is 12.2. The number of benzene rings is 1. The summed E-state index contributed by atoms with van der Waals surface area (Å²) in [4.78, 5) is 0. The van der Waals surface area contributed by atoms with Gasteiger partial charge in [0.25, 0.3) is 0 Å². The average molecular weight is 289 g/mol. The molecule has 0 amide bonds. The van der Waals surface area contributed by atoms with Crippen LogP contribution in [0.2, 0.25) is 0 Å². The van der Waals surface area contributed by atoms with Gasteiger partial charge in [-0.15, -0.1) is 13.2 Å². The summed E-state index contributed by atoms with van der Waals surface area (Å²) in [6.45, 7) is 5.09. The van der Waals surface area contributed by atoms with Gasteiger partial charge in [0.2, 0.25) is 0 Å². The van der Waals surface area contributed by atoms with Crippen LogP contribution in [0.15, 0.2) is 24.3 Å². The smallest absolute Gasteiger partial charge is 0.406 e. The van der Waals surface area contributed by atoms with E-state index < -0.39 is 6.36 Å². The molecule has 114 valence electrons. The SMILES string of the molecule is CCCC(CCc1cccc(OC(F)(F)F)c1)NCC. The third kappa shape index (κ3) is 6.80. The third-order valence-corrected chi connectivity index (χ3v) is 3.04. The summed E-state index contributed by atoms with van der Waals surface area (Å²) in [6, 6.07) is 6.63. The summed E-state index contributed by atoms with van der Waals surface area (Å²) in [5, 5.41) is 3.40. The Hall–Kier alpha value is -1.23. The second kappa shape index (κ2) is 8.15.